The Kier molecular flexibility index (Phi) is 6.70. The van der Waals surface area contributed by atoms with Crippen LogP contribution in [0, 0.1) is 12.7 Å². The summed E-state index contributed by atoms with van der Waals surface area (Å²) in [5.41, 5.74) is 2.35. The molecule has 25 heavy (non-hydrogen) atoms. The summed E-state index contributed by atoms with van der Waals surface area (Å²) in [5, 5.41) is 5.48. The monoisotopic (exact) mass is 406 g/mol. The third-order valence-electron chi connectivity index (χ3n) is 3.73. The maximum Gasteiger partial charge on any atom is 0.222 e. The highest BCUT2D eigenvalue weighted by Gasteiger charge is 2.17. The highest BCUT2D eigenvalue weighted by Crippen LogP contribution is 2.18. The maximum absolute atomic E-state index is 13.7. The van der Waals surface area contributed by atoms with Crippen LogP contribution in [0.25, 0.3) is 0 Å². The van der Waals surface area contributed by atoms with Crippen molar-refractivity contribution >= 4 is 27.7 Å². The number of amides is 2. The van der Waals surface area contributed by atoms with E-state index >= 15 is 0 Å². The molecule has 0 fully saturated rings. The van der Waals surface area contributed by atoms with Crippen molar-refractivity contribution in [1.82, 2.24) is 10.6 Å². The number of carbonyl (C=O) groups excluding carboxylic acids is 2. The van der Waals surface area contributed by atoms with Gasteiger partial charge in [0.05, 0.1) is 12.5 Å². The van der Waals surface area contributed by atoms with Gasteiger partial charge in [-0.3, -0.25) is 9.59 Å². The Labute approximate surface area is 154 Å². The molecule has 0 radical (unpaired) electrons. The van der Waals surface area contributed by atoms with E-state index in [1.165, 1.54) is 13.0 Å². The Morgan fingerprint density at radius 1 is 1.16 bits per heavy atom. The lowest BCUT2D eigenvalue weighted by Gasteiger charge is -2.18. The van der Waals surface area contributed by atoms with Crippen molar-refractivity contribution in [2.75, 3.05) is 0 Å². The van der Waals surface area contributed by atoms with Crippen molar-refractivity contribution in [2.24, 2.45) is 0 Å². The van der Waals surface area contributed by atoms with Gasteiger partial charge in [0.25, 0.3) is 0 Å². The molecule has 0 heterocycles. The average molecular weight is 407 g/mol. The van der Waals surface area contributed by atoms with Crippen molar-refractivity contribution in [3.63, 3.8) is 0 Å². The zero-order valence-corrected chi connectivity index (χ0v) is 15.7. The first-order chi connectivity index (χ1) is 11.8. The Bertz CT molecular complexity index is 763. The summed E-state index contributed by atoms with van der Waals surface area (Å²) in [5.74, 6) is -0.851. The van der Waals surface area contributed by atoms with E-state index in [0.717, 1.165) is 15.6 Å². The molecule has 0 bridgehead atoms. The summed E-state index contributed by atoms with van der Waals surface area (Å²) >= 11 is 3.28. The zero-order valence-electron chi connectivity index (χ0n) is 14.1. The molecular weight excluding hydrogens is 387 g/mol. The molecule has 0 aliphatic rings. The van der Waals surface area contributed by atoms with E-state index in [1.807, 2.05) is 31.2 Å². The predicted molar refractivity (Wildman–Crippen MR) is 98.3 cm³/mol. The topological polar surface area (TPSA) is 58.2 Å². The van der Waals surface area contributed by atoms with Gasteiger partial charge in [-0.15, -0.1) is 0 Å². The SMILES string of the molecule is CC(=O)NC(CC(=O)NCc1cc(Br)ccc1F)c1ccc(C)cc1. The summed E-state index contributed by atoms with van der Waals surface area (Å²) in [6.45, 7) is 3.47. The van der Waals surface area contributed by atoms with Gasteiger partial charge in [0.15, 0.2) is 0 Å². The summed E-state index contributed by atoms with van der Waals surface area (Å²) in [6.07, 6.45) is 0.0816. The highest BCUT2D eigenvalue weighted by molar-refractivity contribution is 9.10. The predicted octanol–water partition coefficient (Wildman–Crippen LogP) is 3.78. The molecule has 2 amide bonds. The molecule has 4 nitrogen and oxygen atoms in total. The number of hydrogen-bond donors (Lipinski definition) is 2. The van der Waals surface area contributed by atoms with Crippen molar-refractivity contribution in [1.29, 1.82) is 0 Å². The van der Waals surface area contributed by atoms with E-state index < -0.39 is 6.04 Å². The van der Waals surface area contributed by atoms with E-state index in [9.17, 15) is 14.0 Å². The third kappa shape index (κ3) is 5.98. The minimum Gasteiger partial charge on any atom is -0.352 e. The van der Waals surface area contributed by atoms with Gasteiger partial charge in [-0.25, -0.2) is 4.39 Å². The van der Waals surface area contributed by atoms with E-state index in [1.54, 1.807) is 12.1 Å². The minimum absolute atomic E-state index is 0.0816. The Morgan fingerprint density at radius 2 is 1.84 bits per heavy atom. The van der Waals surface area contributed by atoms with Crippen molar-refractivity contribution < 1.29 is 14.0 Å². The summed E-state index contributed by atoms with van der Waals surface area (Å²) in [6, 6.07) is 11.8. The number of halogens is 2. The Balaban J connectivity index is 2.02. The average Bonchev–Trinajstić information content (AvgIpc) is 2.55. The molecule has 0 aliphatic carbocycles. The van der Waals surface area contributed by atoms with Gasteiger partial charge >= 0.3 is 0 Å². The number of carbonyl (C=O) groups is 2. The molecule has 0 aromatic heterocycles. The van der Waals surface area contributed by atoms with Crippen LogP contribution < -0.4 is 10.6 Å². The molecule has 0 saturated carbocycles. The van der Waals surface area contributed by atoms with E-state index in [4.69, 9.17) is 0 Å². The number of aryl methyl sites for hydroxylation is 1. The third-order valence-corrected chi connectivity index (χ3v) is 4.22. The number of nitrogens with one attached hydrogen (secondary N) is 2. The lowest BCUT2D eigenvalue weighted by atomic mass is 10.0. The number of benzene rings is 2. The van der Waals surface area contributed by atoms with E-state index in [0.29, 0.717) is 5.56 Å². The summed E-state index contributed by atoms with van der Waals surface area (Å²) < 4.78 is 14.5. The zero-order chi connectivity index (χ0) is 18.4. The van der Waals surface area contributed by atoms with Crippen molar-refractivity contribution in [3.8, 4) is 0 Å². The second-order valence-electron chi connectivity index (χ2n) is 5.88. The molecule has 132 valence electrons. The van der Waals surface area contributed by atoms with Crippen LogP contribution in [-0.2, 0) is 16.1 Å². The smallest absolute Gasteiger partial charge is 0.222 e. The molecule has 2 aromatic rings. The van der Waals surface area contributed by atoms with Crippen LogP contribution in [0.15, 0.2) is 46.9 Å². The van der Waals surface area contributed by atoms with Crippen LogP contribution in [0.4, 0.5) is 4.39 Å². The maximum atomic E-state index is 13.7. The fraction of sp³-hybridized carbons (Fsp3) is 0.263. The number of rotatable bonds is 6. The standard InChI is InChI=1S/C19H20BrFN2O2/c1-12-3-5-14(6-4-12)18(23-13(2)24)10-19(25)22-11-15-9-16(20)7-8-17(15)21/h3-9,18H,10-11H2,1-2H3,(H,22,25)(H,23,24). The van der Waals surface area contributed by atoms with Crippen molar-refractivity contribution in [3.05, 3.63) is 69.4 Å². The van der Waals surface area contributed by atoms with Gasteiger partial charge in [0, 0.05) is 23.5 Å². The van der Waals surface area contributed by atoms with Gasteiger partial charge in [-0.1, -0.05) is 45.8 Å². The first kappa shape index (κ1) is 19.1. The van der Waals surface area contributed by atoms with E-state index in [2.05, 4.69) is 26.6 Å². The molecule has 0 aliphatic heterocycles. The minimum atomic E-state index is -0.426. The lowest BCUT2D eigenvalue weighted by Crippen LogP contribution is -2.32. The Hall–Kier alpha value is -2.21. The van der Waals surface area contributed by atoms with Crippen LogP contribution in [-0.4, -0.2) is 11.8 Å². The van der Waals surface area contributed by atoms with E-state index in [-0.39, 0.29) is 30.6 Å². The molecule has 2 N–H and O–H groups in total. The molecule has 6 heteroatoms. The molecule has 0 saturated heterocycles. The quantitative estimate of drug-likeness (QED) is 0.766. The molecule has 2 rings (SSSR count). The van der Waals surface area contributed by atoms with Crippen LogP contribution in [0.2, 0.25) is 0 Å². The summed E-state index contributed by atoms with van der Waals surface area (Å²) in [7, 11) is 0. The lowest BCUT2D eigenvalue weighted by molar-refractivity contribution is -0.122. The molecule has 1 atom stereocenters. The summed E-state index contributed by atoms with van der Waals surface area (Å²) in [4.78, 5) is 23.7. The van der Waals surface area contributed by atoms with Crippen LogP contribution in [0.1, 0.15) is 36.1 Å². The molecule has 1 unspecified atom stereocenters. The molecule has 0 spiro atoms. The van der Waals surface area contributed by atoms with Crippen LogP contribution in [0.3, 0.4) is 0 Å². The molecule has 2 aromatic carbocycles. The Morgan fingerprint density at radius 3 is 2.48 bits per heavy atom. The second kappa shape index (κ2) is 8.76. The first-order valence-corrected chi connectivity index (χ1v) is 8.68. The van der Waals surface area contributed by atoms with Crippen molar-refractivity contribution in [2.45, 2.75) is 32.9 Å². The van der Waals surface area contributed by atoms with Gasteiger partial charge in [-0.2, -0.15) is 0 Å². The largest absolute Gasteiger partial charge is 0.352 e. The highest BCUT2D eigenvalue weighted by atomic mass is 79.9. The number of hydrogen-bond acceptors (Lipinski definition) is 2. The van der Waals surface area contributed by atoms with Crippen LogP contribution >= 0.6 is 15.9 Å². The first-order valence-electron chi connectivity index (χ1n) is 7.89. The van der Waals surface area contributed by atoms with Gasteiger partial charge in [0.2, 0.25) is 11.8 Å². The van der Waals surface area contributed by atoms with Gasteiger partial charge in [0.1, 0.15) is 5.82 Å². The fourth-order valence-electron chi connectivity index (χ4n) is 2.43. The fourth-order valence-corrected chi connectivity index (χ4v) is 2.83. The normalized spacial score (nSPS) is 11.7. The molecular formula is C19H20BrFN2O2. The van der Waals surface area contributed by atoms with Crippen LogP contribution in [0.5, 0.6) is 0 Å². The van der Waals surface area contributed by atoms with Gasteiger partial charge in [-0.05, 0) is 30.7 Å². The van der Waals surface area contributed by atoms with Gasteiger partial charge < -0.3 is 10.6 Å². The second-order valence-corrected chi connectivity index (χ2v) is 6.80.